The van der Waals surface area contributed by atoms with Gasteiger partial charge in [-0.05, 0) is 192 Å². The van der Waals surface area contributed by atoms with Crippen molar-refractivity contribution in [1.29, 1.82) is 0 Å². The highest BCUT2D eigenvalue weighted by Crippen LogP contribution is 2.45. The molecule has 4 fully saturated rings. The molecule has 4 aliphatic rings. The summed E-state index contributed by atoms with van der Waals surface area (Å²) in [5.41, 5.74) is 12.0. The molecule has 3 aliphatic heterocycles. The molecule has 32 heteroatoms. The number of nitrogen functional groups attached to an aromatic ring is 1. The van der Waals surface area contributed by atoms with Crippen LogP contribution < -0.4 is 37.5 Å². The fraction of sp³-hybridized carbons (Fsp3) is 0.309. The molecule has 1 aliphatic carbocycles. The molecule has 2 N–H and O–H groups in total. The molecular formula is C94H94Cl2F4N18O8. The molecule has 126 heavy (non-hydrogen) atoms. The number of anilines is 4. The number of benzene rings is 4. The Balaban J connectivity index is 0.000000153. The van der Waals surface area contributed by atoms with Crippen molar-refractivity contribution in [3.63, 3.8) is 0 Å². The van der Waals surface area contributed by atoms with Crippen LogP contribution in [0.3, 0.4) is 0 Å². The Bertz CT molecular complexity index is 6610. The number of aryl methyl sites for hydroxylation is 3. The summed E-state index contributed by atoms with van der Waals surface area (Å²) >= 11 is 13.6. The van der Waals surface area contributed by atoms with E-state index in [1.54, 1.807) is 88.6 Å². The van der Waals surface area contributed by atoms with Gasteiger partial charge in [0.25, 0.3) is 0 Å². The number of nitrogens with two attached hydrogens (primary N) is 1. The van der Waals surface area contributed by atoms with Gasteiger partial charge in [0.2, 0.25) is 17.7 Å². The van der Waals surface area contributed by atoms with Crippen LogP contribution in [0.5, 0.6) is 0 Å². The van der Waals surface area contributed by atoms with E-state index in [1.807, 2.05) is 96.1 Å². The monoisotopic (exact) mass is 1750 g/mol. The molecule has 4 aromatic carbocycles. The van der Waals surface area contributed by atoms with Gasteiger partial charge in [0.15, 0.2) is 16.9 Å². The fourth-order valence-electron chi connectivity index (χ4n) is 17.0. The minimum absolute atomic E-state index is 0.00509. The predicted molar refractivity (Wildman–Crippen MR) is 483 cm³/mol. The van der Waals surface area contributed by atoms with Crippen LogP contribution >= 0.6 is 23.2 Å². The minimum Gasteiger partial charge on any atom is -0.465 e. The Morgan fingerprint density at radius 3 is 1.45 bits per heavy atom. The van der Waals surface area contributed by atoms with Crippen LogP contribution in [0, 0.1) is 44.0 Å². The van der Waals surface area contributed by atoms with Gasteiger partial charge in [0.1, 0.15) is 46.4 Å². The van der Waals surface area contributed by atoms with E-state index in [2.05, 4.69) is 49.6 Å². The topological polar surface area (TPSA) is 292 Å². The Kier molecular flexibility index (Phi) is 25.7. The number of ether oxygens (including phenoxy) is 1. The lowest BCUT2D eigenvalue weighted by molar-refractivity contribution is -0.127. The largest absolute Gasteiger partial charge is 0.465 e. The number of hydrogen-bond acceptors (Lipinski definition) is 20. The van der Waals surface area contributed by atoms with E-state index in [0.29, 0.717) is 120 Å². The minimum atomic E-state index is -0.732. The second kappa shape index (κ2) is 36.5. The van der Waals surface area contributed by atoms with Gasteiger partial charge in [-0.1, -0.05) is 101 Å². The molecule has 8 aromatic heterocycles. The first-order valence-electron chi connectivity index (χ1n) is 41.3. The number of esters is 1. The van der Waals surface area contributed by atoms with Crippen molar-refractivity contribution in [1.82, 2.24) is 68.3 Å². The molecule has 3 saturated heterocycles. The van der Waals surface area contributed by atoms with E-state index in [9.17, 15) is 38.0 Å². The fourth-order valence-corrected chi connectivity index (χ4v) is 17.5. The maximum absolute atomic E-state index is 15.7. The second-order valence-corrected chi connectivity index (χ2v) is 33.4. The third-order valence-electron chi connectivity index (χ3n) is 23.2. The predicted octanol–water partition coefficient (Wildman–Crippen LogP) is 15.5. The molecule has 0 unspecified atom stereocenters. The molecule has 12 aromatic rings. The van der Waals surface area contributed by atoms with E-state index in [-0.39, 0.29) is 132 Å². The van der Waals surface area contributed by atoms with Crippen molar-refractivity contribution in [2.75, 3.05) is 79.9 Å². The molecule has 16 rings (SSSR count). The average Bonchev–Trinajstić information content (AvgIpc) is 0.786. The van der Waals surface area contributed by atoms with Crippen molar-refractivity contribution in [2.24, 2.45) is 0 Å². The number of amides is 3. The molecule has 4 atom stereocenters. The Hall–Kier alpha value is -13.4. The zero-order chi connectivity index (χ0) is 90.5. The summed E-state index contributed by atoms with van der Waals surface area (Å²) in [5, 5.41) is 1.64. The number of halogens is 6. The number of rotatable bonds is 16. The van der Waals surface area contributed by atoms with Crippen LogP contribution in [0.1, 0.15) is 130 Å². The van der Waals surface area contributed by atoms with Crippen molar-refractivity contribution in [2.45, 2.75) is 131 Å². The highest BCUT2D eigenvalue weighted by molar-refractivity contribution is 6.34. The highest BCUT2D eigenvalue weighted by Gasteiger charge is 2.39. The molecule has 0 radical (unpaired) electrons. The van der Waals surface area contributed by atoms with E-state index in [0.717, 1.165) is 29.7 Å². The standard InChI is InChI=1S/C33H33ClFN5O4.C31H33ClFN7O2.C30H28F2N6O2/c1-7-27(41)38-12-13-39(20(5)17-38)30-24-16-25(34)28(22-10-8-9-11-26(22)35)36-31(24)40(33(43)37-30)29-19(4)14-21(32(42)44-6)15-23(29)18(2)3;1-7-24(41)38-14-18(5)39(19(6)15-38)30-20-13-21(32)27(25-22(33)9-8-10-23(25)34)36-29(20)40(31(42)37-30)28-17(4)11-12-35-26(28)16(2)3;1-4-24(39)36-13-14-37(18(3)16-36)28-21-15-23(32)26(20-7-5-6-8-22(20)31)34-29(21)38(30(40)35-28)27-17(2)11-12-33-25(27)19-9-10-19/h7-11,14-16,18,20H,1,12-13,17H2,2-6H3;7-13,16,18-19H,1,14-15,34H2,2-6H3;4-8,11-12,15,18-19H,1,9-10,13-14,16H2,2-3H3/t20-;18-,19-;18-/m010/s1. The lowest BCUT2D eigenvalue weighted by atomic mass is 9.95. The molecule has 26 nitrogen and oxygen atoms in total. The van der Waals surface area contributed by atoms with Gasteiger partial charge in [-0.3, -0.25) is 24.4 Å². The van der Waals surface area contributed by atoms with Crippen LogP contribution in [0.4, 0.5) is 40.7 Å². The van der Waals surface area contributed by atoms with Crippen LogP contribution in [0.25, 0.3) is 83.9 Å². The number of piperazine rings is 3. The average molecular weight is 1750 g/mol. The summed E-state index contributed by atoms with van der Waals surface area (Å²) in [4.78, 5) is 140. The number of methoxy groups -OCH3 is 1. The van der Waals surface area contributed by atoms with Crippen LogP contribution in [-0.2, 0) is 19.1 Å². The van der Waals surface area contributed by atoms with E-state index >= 15 is 13.2 Å². The van der Waals surface area contributed by atoms with Crippen LogP contribution in [-0.4, -0.2) is 176 Å². The summed E-state index contributed by atoms with van der Waals surface area (Å²) in [5.74, 6) is -2.36. The molecular weight excluding hydrogens is 1660 g/mol. The van der Waals surface area contributed by atoms with Gasteiger partial charge in [0.05, 0.1) is 84.3 Å². The zero-order valence-corrected chi connectivity index (χ0v) is 73.2. The summed E-state index contributed by atoms with van der Waals surface area (Å²) in [6.07, 6.45) is 9.17. The Labute approximate surface area is 734 Å². The summed E-state index contributed by atoms with van der Waals surface area (Å²) in [6, 6.07) is 27.1. The zero-order valence-electron chi connectivity index (χ0n) is 71.7. The van der Waals surface area contributed by atoms with Gasteiger partial charge in [-0.25, -0.2) is 65.4 Å². The van der Waals surface area contributed by atoms with Crippen LogP contribution in [0.15, 0.2) is 174 Å². The Morgan fingerprint density at radius 2 is 0.944 bits per heavy atom. The molecule has 0 spiro atoms. The van der Waals surface area contributed by atoms with Gasteiger partial charge < -0.3 is 39.9 Å². The summed E-state index contributed by atoms with van der Waals surface area (Å²) in [7, 11) is 1.31. The number of nitrogens with zero attached hydrogens (tertiary/aromatic N) is 17. The second-order valence-electron chi connectivity index (χ2n) is 32.5. The number of carbonyl (C=O) groups excluding carboxylic acids is 4. The van der Waals surface area contributed by atoms with Crippen molar-refractivity contribution in [3.8, 4) is 50.8 Å². The van der Waals surface area contributed by atoms with Gasteiger partial charge in [-0.15, -0.1) is 0 Å². The lowest BCUT2D eigenvalue weighted by Gasteiger charge is -2.45. The highest BCUT2D eigenvalue weighted by atomic mass is 35.5. The number of carbonyl (C=O) groups is 4. The smallest absolute Gasteiger partial charge is 0.355 e. The van der Waals surface area contributed by atoms with Crippen molar-refractivity contribution < 1.29 is 41.5 Å². The molecule has 11 heterocycles. The maximum Gasteiger partial charge on any atom is 0.355 e. The first-order valence-corrected chi connectivity index (χ1v) is 42.1. The van der Waals surface area contributed by atoms with Gasteiger partial charge in [-0.2, -0.15) is 15.0 Å². The number of pyridine rings is 5. The van der Waals surface area contributed by atoms with Crippen LogP contribution in [0.2, 0.25) is 10.0 Å². The normalized spacial score (nSPS) is 16.5. The molecule has 650 valence electrons. The van der Waals surface area contributed by atoms with Gasteiger partial charge in [0, 0.05) is 112 Å². The Morgan fingerprint density at radius 1 is 0.492 bits per heavy atom. The van der Waals surface area contributed by atoms with Gasteiger partial charge >= 0.3 is 23.0 Å². The third-order valence-corrected chi connectivity index (χ3v) is 23.8. The quantitative estimate of drug-likeness (QED) is 0.0407. The molecule has 0 bridgehead atoms. The number of fused-ring (bicyclic) bond motifs is 3. The lowest BCUT2D eigenvalue weighted by Crippen LogP contribution is -2.58. The number of hydrogen-bond donors (Lipinski definition) is 1. The van der Waals surface area contributed by atoms with Crippen molar-refractivity contribution in [3.05, 3.63) is 264 Å². The van der Waals surface area contributed by atoms with E-state index in [1.165, 1.54) is 81.5 Å². The van der Waals surface area contributed by atoms with E-state index in [4.69, 9.17) is 43.6 Å². The molecule has 1 saturated carbocycles. The number of aromatic nitrogens is 11. The summed E-state index contributed by atoms with van der Waals surface area (Å²) in [6.45, 7) is 35.2. The first kappa shape index (κ1) is 88.9. The maximum atomic E-state index is 15.7. The third kappa shape index (κ3) is 17.0. The summed E-state index contributed by atoms with van der Waals surface area (Å²) < 4.78 is 69.9. The van der Waals surface area contributed by atoms with E-state index < -0.39 is 46.3 Å². The molecule has 3 amide bonds. The first-order chi connectivity index (χ1) is 60.2. The SMILES string of the molecule is C=CC(=O)N1CCN(c2nc(=O)n(-c3c(C)cc(C(=O)OC)cc3C(C)C)c3nc(-c4ccccc4F)c(Cl)cc23)[C@@H](C)C1.C=CC(=O)N1CCN(c2nc(=O)n(-c3c(C)ccnc3C3CC3)c3nc(-c4ccccc4F)c(F)cc23)[C@@H](C)C1.C=CC(=O)N1C[C@@H](C)N(c2nc(=O)n(-c3c(C)ccnc3C(C)C)c3nc(-c4c(N)cccc4F)c(Cl)cc23)[C@H](C)C1. The van der Waals surface area contributed by atoms with Crippen molar-refractivity contribution >= 4 is 103 Å².